The molecule has 1 heterocycles. The molecule has 1 saturated carbocycles. The summed E-state index contributed by atoms with van der Waals surface area (Å²) >= 11 is 0. The molecule has 1 amide bonds. The molecule has 2 N–H and O–H groups in total. The van der Waals surface area contributed by atoms with E-state index in [2.05, 4.69) is 10.2 Å². The van der Waals surface area contributed by atoms with E-state index in [1.807, 2.05) is 42.5 Å². The van der Waals surface area contributed by atoms with Crippen LogP contribution in [0.15, 0.2) is 42.5 Å². The van der Waals surface area contributed by atoms with Crippen LogP contribution < -0.4 is 19.5 Å². The molecule has 178 valence electrons. The van der Waals surface area contributed by atoms with Gasteiger partial charge in [0.25, 0.3) is 0 Å². The molecule has 7 heteroatoms. The van der Waals surface area contributed by atoms with Gasteiger partial charge in [0.15, 0.2) is 11.5 Å². The van der Waals surface area contributed by atoms with E-state index in [9.17, 15) is 9.90 Å². The van der Waals surface area contributed by atoms with Gasteiger partial charge in [-0.1, -0.05) is 31.0 Å². The third-order valence-corrected chi connectivity index (χ3v) is 7.10. The SMILES string of the molecule is COc1cc([C@H]2C3CCCCC3(O)CCN2CC(=O)Nc2ccccc2)cc(OC)c1OC. The Kier molecular flexibility index (Phi) is 7.10. The van der Waals surface area contributed by atoms with Gasteiger partial charge in [-0.25, -0.2) is 0 Å². The molecule has 0 radical (unpaired) electrons. The highest BCUT2D eigenvalue weighted by atomic mass is 16.5. The molecule has 0 aromatic heterocycles. The number of fused-ring (bicyclic) bond motifs is 1. The zero-order valence-electron chi connectivity index (χ0n) is 19.7. The van der Waals surface area contributed by atoms with Gasteiger partial charge >= 0.3 is 0 Å². The van der Waals surface area contributed by atoms with Crippen LogP contribution in [0.25, 0.3) is 0 Å². The zero-order chi connectivity index (χ0) is 23.4. The summed E-state index contributed by atoms with van der Waals surface area (Å²) in [7, 11) is 4.79. The fraction of sp³-hybridized carbons (Fsp3) is 0.500. The minimum Gasteiger partial charge on any atom is -0.493 e. The number of hydrogen-bond acceptors (Lipinski definition) is 6. The van der Waals surface area contributed by atoms with E-state index in [-0.39, 0.29) is 24.4 Å². The van der Waals surface area contributed by atoms with E-state index >= 15 is 0 Å². The van der Waals surface area contributed by atoms with Gasteiger partial charge in [0.05, 0.1) is 33.5 Å². The lowest BCUT2D eigenvalue weighted by molar-refractivity contribution is -0.135. The third-order valence-electron chi connectivity index (χ3n) is 7.10. The molecule has 2 unspecified atom stereocenters. The number of benzene rings is 2. The summed E-state index contributed by atoms with van der Waals surface area (Å²) in [5.74, 6) is 1.63. The lowest BCUT2D eigenvalue weighted by Crippen LogP contribution is -2.56. The van der Waals surface area contributed by atoms with Crippen LogP contribution in [-0.2, 0) is 4.79 Å². The molecule has 1 aliphatic heterocycles. The second-order valence-electron chi connectivity index (χ2n) is 8.99. The summed E-state index contributed by atoms with van der Waals surface area (Å²) in [6, 6.07) is 13.2. The maximum absolute atomic E-state index is 13.0. The Hall–Kier alpha value is -2.77. The van der Waals surface area contributed by atoms with Crippen molar-refractivity contribution in [3.63, 3.8) is 0 Å². The number of carbonyl (C=O) groups is 1. The summed E-state index contributed by atoms with van der Waals surface area (Å²) in [4.78, 5) is 15.1. The van der Waals surface area contributed by atoms with Gasteiger partial charge in [-0.05, 0) is 49.1 Å². The van der Waals surface area contributed by atoms with Crippen LogP contribution in [0.5, 0.6) is 17.2 Å². The van der Waals surface area contributed by atoms with Crippen LogP contribution >= 0.6 is 0 Å². The molecule has 2 fully saturated rings. The molecule has 7 nitrogen and oxygen atoms in total. The van der Waals surface area contributed by atoms with Crippen molar-refractivity contribution < 1.29 is 24.1 Å². The Morgan fingerprint density at radius 2 is 1.76 bits per heavy atom. The van der Waals surface area contributed by atoms with Crippen molar-refractivity contribution in [3.05, 3.63) is 48.0 Å². The molecule has 4 rings (SSSR count). The molecular weight excluding hydrogens is 420 g/mol. The number of likely N-dealkylation sites (tertiary alicyclic amines) is 1. The third kappa shape index (κ3) is 4.80. The second-order valence-corrected chi connectivity index (χ2v) is 8.99. The number of nitrogens with zero attached hydrogens (tertiary/aromatic N) is 1. The van der Waals surface area contributed by atoms with E-state index in [0.29, 0.717) is 30.2 Å². The van der Waals surface area contributed by atoms with Crippen LogP contribution in [0.1, 0.15) is 43.7 Å². The van der Waals surface area contributed by atoms with E-state index in [1.165, 1.54) is 0 Å². The van der Waals surface area contributed by atoms with Gasteiger partial charge < -0.3 is 24.6 Å². The maximum atomic E-state index is 13.0. The summed E-state index contributed by atoms with van der Waals surface area (Å²) in [6.45, 7) is 0.874. The lowest BCUT2D eigenvalue weighted by Gasteiger charge is -2.52. The molecule has 2 aromatic carbocycles. The van der Waals surface area contributed by atoms with Crippen molar-refractivity contribution >= 4 is 11.6 Å². The number of anilines is 1. The molecule has 33 heavy (non-hydrogen) atoms. The quantitative estimate of drug-likeness (QED) is 0.658. The van der Waals surface area contributed by atoms with Gasteiger partial charge in [-0.3, -0.25) is 9.69 Å². The summed E-state index contributed by atoms with van der Waals surface area (Å²) in [5, 5.41) is 14.5. The van der Waals surface area contributed by atoms with Crippen LogP contribution in [0.2, 0.25) is 0 Å². The largest absolute Gasteiger partial charge is 0.493 e. The highest BCUT2D eigenvalue weighted by molar-refractivity contribution is 5.92. The van der Waals surface area contributed by atoms with Crippen molar-refractivity contribution in [2.45, 2.75) is 43.7 Å². The number of aliphatic hydroxyl groups is 1. The Balaban J connectivity index is 1.68. The normalized spacial score (nSPS) is 25.1. The Bertz CT molecular complexity index is 941. The first-order valence-corrected chi connectivity index (χ1v) is 11.6. The van der Waals surface area contributed by atoms with Crippen LogP contribution in [0, 0.1) is 5.92 Å². The minimum atomic E-state index is -0.726. The summed E-state index contributed by atoms with van der Waals surface area (Å²) in [6.07, 6.45) is 4.47. The maximum Gasteiger partial charge on any atom is 0.238 e. The first-order valence-electron chi connectivity index (χ1n) is 11.6. The van der Waals surface area contributed by atoms with Gasteiger partial charge in [0.2, 0.25) is 11.7 Å². The Morgan fingerprint density at radius 1 is 1.06 bits per heavy atom. The first kappa shape index (κ1) is 23.4. The van der Waals surface area contributed by atoms with Crippen molar-refractivity contribution in [3.8, 4) is 17.2 Å². The topological polar surface area (TPSA) is 80.3 Å². The molecule has 3 atom stereocenters. The Morgan fingerprint density at radius 3 is 2.39 bits per heavy atom. The van der Waals surface area contributed by atoms with Crippen LogP contribution in [0.4, 0.5) is 5.69 Å². The molecule has 1 saturated heterocycles. The number of rotatable bonds is 7. The highest BCUT2D eigenvalue weighted by Crippen LogP contribution is 2.51. The zero-order valence-corrected chi connectivity index (χ0v) is 19.7. The van der Waals surface area contributed by atoms with Crippen molar-refractivity contribution in [1.29, 1.82) is 0 Å². The lowest BCUT2D eigenvalue weighted by atomic mass is 9.66. The smallest absolute Gasteiger partial charge is 0.238 e. The number of methoxy groups -OCH3 is 3. The first-order chi connectivity index (χ1) is 16.0. The van der Waals surface area contributed by atoms with Gasteiger partial charge in [0.1, 0.15) is 0 Å². The fourth-order valence-corrected chi connectivity index (χ4v) is 5.54. The standard InChI is InChI=1S/C26H34N2O5/c1-31-21-15-18(16-22(32-2)25(21)33-3)24-20-11-7-8-12-26(20,30)13-14-28(24)17-23(29)27-19-9-5-4-6-10-19/h4-6,9-10,15-16,20,24,30H,7-8,11-14,17H2,1-3H3,(H,27,29)/t20?,24-,26?/m0/s1. The molecule has 1 aliphatic carbocycles. The number of amides is 1. The van der Waals surface area contributed by atoms with Crippen LogP contribution in [0.3, 0.4) is 0 Å². The molecule has 0 bridgehead atoms. The minimum absolute atomic E-state index is 0.0207. The summed E-state index contributed by atoms with van der Waals surface area (Å²) in [5.41, 5.74) is 1.01. The number of piperidine rings is 1. The highest BCUT2D eigenvalue weighted by Gasteiger charge is 2.49. The van der Waals surface area contributed by atoms with E-state index in [1.54, 1.807) is 21.3 Å². The molecule has 2 aliphatic rings. The van der Waals surface area contributed by atoms with Gasteiger partial charge in [0, 0.05) is 24.2 Å². The van der Waals surface area contributed by atoms with Gasteiger partial charge in [-0.2, -0.15) is 0 Å². The summed E-state index contributed by atoms with van der Waals surface area (Å²) < 4.78 is 16.7. The van der Waals surface area contributed by atoms with E-state index < -0.39 is 5.60 Å². The number of hydrogen-bond donors (Lipinski definition) is 2. The number of para-hydroxylation sites is 1. The monoisotopic (exact) mass is 454 g/mol. The van der Waals surface area contributed by atoms with Crippen LogP contribution in [-0.4, -0.2) is 55.9 Å². The average molecular weight is 455 g/mol. The average Bonchev–Trinajstić information content (AvgIpc) is 2.83. The molecule has 0 spiro atoms. The fourth-order valence-electron chi connectivity index (χ4n) is 5.54. The van der Waals surface area contributed by atoms with Crippen molar-refractivity contribution in [2.75, 3.05) is 39.7 Å². The van der Waals surface area contributed by atoms with E-state index in [0.717, 1.165) is 36.9 Å². The van der Waals surface area contributed by atoms with E-state index in [4.69, 9.17) is 14.2 Å². The second kappa shape index (κ2) is 10.0. The number of carbonyl (C=O) groups excluding carboxylic acids is 1. The predicted octanol–water partition coefficient (Wildman–Crippen LogP) is 4.02. The number of nitrogens with one attached hydrogen (secondary N) is 1. The van der Waals surface area contributed by atoms with Gasteiger partial charge in [-0.15, -0.1) is 0 Å². The number of ether oxygens (including phenoxy) is 3. The molecular formula is C26H34N2O5. The predicted molar refractivity (Wildman–Crippen MR) is 127 cm³/mol. The van der Waals surface area contributed by atoms with Crippen molar-refractivity contribution in [1.82, 2.24) is 4.90 Å². The Labute approximate surface area is 195 Å². The van der Waals surface area contributed by atoms with Crippen molar-refractivity contribution in [2.24, 2.45) is 5.92 Å². The molecule has 2 aromatic rings.